The third-order valence-electron chi connectivity index (χ3n) is 10.1. The summed E-state index contributed by atoms with van der Waals surface area (Å²) >= 11 is 0. The fourth-order valence-electron chi connectivity index (χ4n) is 7.43. The lowest BCUT2D eigenvalue weighted by Gasteiger charge is -2.36. The molecule has 8 rings (SSSR count). The van der Waals surface area contributed by atoms with Gasteiger partial charge < -0.3 is 14.3 Å². The third kappa shape index (κ3) is 5.55. The largest absolute Gasteiger partial charge is 0.456 e. The predicted molar refractivity (Wildman–Crippen MR) is 193 cm³/mol. The summed E-state index contributed by atoms with van der Waals surface area (Å²) in [5, 5.41) is 4.59. The summed E-state index contributed by atoms with van der Waals surface area (Å²) < 4.78 is 64.7. The second-order valence-electron chi connectivity index (χ2n) is 13.5. The first-order chi connectivity index (χ1) is 24.0. The Morgan fingerprint density at radius 1 is 1.08 bits per heavy atom. The number of aryl methyl sites for hydroxylation is 1. The normalized spacial score (nSPS) is 16.5. The number of furan rings is 1. The van der Waals surface area contributed by atoms with Gasteiger partial charge in [0.05, 0.1) is 34.5 Å². The molecule has 258 valence electrons. The molecule has 0 saturated carbocycles. The van der Waals surface area contributed by atoms with Gasteiger partial charge in [-0.05, 0) is 74.8 Å². The highest BCUT2D eigenvalue weighted by atomic mass is 32.2. The SMILES string of the molecule is CNCc1c(-c2ccc(C)nc2)oc2cc(N(C)S(C)(=O)=O)c(-c3ccc4c(n3)-c3cc5c(F)cccc5n3C(CCN3CC(F)C3)C4)cc12. The van der Waals surface area contributed by atoms with Crippen LogP contribution < -0.4 is 9.62 Å². The number of nitrogens with zero attached hydrogens (tertiary/aromatic N) is 5. The van der Waals surface area contributed by atoms with Crippen molar-refractivity contribution in [3.8, 4) is 34.0 Å². The molecule has 2 aromatic carbocycles. The van der Waals surface area contributed by atoms with Gasteiger partial charge in [-0.25, -0.2) is 22.2 Å². The van der Waals surface area contributed by atoms with Crippen LogP contribution in [0, 0.1) is 12.7 Å². The van der Waals surface area contributed by atoms with Gasteiger partial charge in [-0.3, -0.25) is 14.2 Å². The van der Waals surface area contributed by atoms with E-state index in [0.717, 1.165) is 57.6 Å². The Morgan fingerprint density at radius 3 is 2.62 bits per heavy atom. The Labute approximate surface area is 289 Å². The van der Waals surface area contributed by atoms with Crippen molar-refractivity contribution in [3.05, 3.63) is 89.5 Å². The second kappa shape index (κ2) is 12.3. The molecular formula is C38H38F2N6O3S. The maximum atomic E-state index is 15.2. The second-order valence-corrected chi connectivity index (χ2v) is 15.5. The smallest absolute Gasteiger partial charge is 0.232 e. The van der Waals surface area contributed by atoms with Crippen LogP contribution in [0.25, 0.3) is 55.8 Å². The quantitative estimate of drug-likeness (QED) is 0.176. The van der Waals surface area contributed by atoms with Crippen LogP contribution in [-0.4, -0.2) is 74.0 Å². The van der Waals surface area contributed by atoms with E-state index in [9.17, 15) is 12.8 Å². The van der Waals surface area contributed by atoms with E-state index in [-0.39, 0.29) is 11.9 Å². The highest BCUT2D eigenvalue weighted by molar-refractivity contribution is 7.92. The average molecular weight is 697 g/mol. The molecule has 0 radical (unpaired) electrons. The first kappa shape index (κ1) is 32.5. The van der Waals surface area contributed by atoms with Crippen molar-refractivity contribution >= 4 is 37.6 Å². The van der Waals surface area contributed by atoms with Crippen LogP contribution >= 0.6 is 0 Å². The van der Waals surface area contributed by atoms with Gasteiger partial charge in [-0.2, -0.15) is 0 Å². The molecule has 0 aliphatic carbocycles. The lowest BCUT2D eigenvalue weighted by Crippen LogP contribution is -2.48. The first-order valence-electron chi connectivity index (χ1n) is 16.8. The van der Waals surface area contributed by atoms with Gasteiger partial charge in [0.15, 0.2) is 0 Å². The number of hydrogen-bond acceptors (Lipinski definition) is 7. The number of rotatable bonds is 9. The number of anilines is 1. The summed E-state index contributed by atoms with van der Waals surface area (Å²) in [6.07, 6.45) is 3.64. The first-order valence-corrected chi connectivity index (χ1v) is 18.6. The van der Waals surface area contributed by atoms with Crippen molar-refractivity contribution in [1.29, 1.82) is 0 Å². The summed E-state index contributed by atoms with van der Waals surface area (Å²) in [6.45, 7) is 4.08. The molecular weight excluding hydrogens is 659 g/mol. The fourth-order valence-corrected chi connectivity index (χ4v) is 7.94. The minimum Gasteiger partial charge on any atom is -0.456 e. The van der Waals surface area contributed by atoms with Gasteiger partial charge in [0.1, 0.15) is 23.3 Å². The Kier molecular flexibility index (Phi) is 8.00. The minimum atomic E-state index is -3.67. The molecule has 4 aromatic heterocycles. The monoisotopic (exact) mass is 696 g/mol. The fraction of sp³-hybridized carbons (Fsp3) is 0.316. The maximum Gasteiger partial charge on any atom is 0.232 e. The van der Waals surface area contributed by atoms with Crippen molar-refractivity contribution < 1.29 is 21.6 Å². The highest BCUT2D eigenvalue weighted by Gasteiger charge is 2.32. The van der Waals surface area contributed by atoms with Gasteiger partial charge in [0.2, 0.25) is 10.0 Å². The maximum absolute atomic E-state index is 15.2. The number of sulfonamides is 1. The van der Waals surface area contributed by atoms with Gasteiger partial charge >= 0.3 is 0 Å². The van der Waals surface area contributed by atoms with E-state index in [1.807, 2.05) is 56.4 Å². The Balaban J connectivity index is 1.30. The molecule has 0 spiro atoms. The molecule has 2 aliphatic heterocycles. The number of pyridine rings is 2. The number of halogens is 2. The molecule has 1 saturated heterocycles. The van der Waals surface area contributed by atoms with Crippen LogP contribution in [0.4, 0.5) is 14.5 Å². The molecule has 50 heavy (non-hydrogen) atoms. The zero-order chi connectivity index (χ0) is 34.9. The van der Waals surface area contributed by atoms with E-state index < -0.39 is 16.2 Å². The number of likely N-dealkylation sites (tertiary alicyclic amines) is 1. The van der Waals surface area contributed by atoms with Crippen molar-refractivity contribution in [2.24, 2.45) is 0 Å². The molecule has 1 fully saturated rings. The average Bonchev–Trinajstić information content (AvgIpc) is 3.65. The zero-order valence-corrected chi connectivity index (χ0v) is 29.2. The van der Waals surface area contributed by atoms with E-state index in [4.69, 9.17) is 9.40 Å². The lowest BCUT2D eigenvalue weighted by atomic mass is 9.94. The van der Waals surface area contributed by atoms with E-state index in [1.165, 1.54) is 23.7 Å². The molecule has 9 nitrogen and oxygen atoms in total. The van der Waals surface area contributed by atoms with E-state index in [0.29, 0.717) is 59.7 Å². The molecule has 12 heteroatoms. The van der Waals surface area contributed by atoms with Gasteiger partial charge in [-0.15, -0.1) is 0 Å². The zero-order valence-electron chi connectivity index (χ0n) is 28.4. The number of hydrogen-bond donors (Lipinski definition) is 1. The Hall–Kier alpha value is -4.65. The predicted octanol–water partition coefficient (Wildman–Crippen LogP) is 6.88. The van der Waals surface area contributed by atoms with Crippen LogP contribution in [0.5, 0.6) is 0 Å². The molecule has 6 heterocycles. The third-order valence-corrected chi connectivity index (χ3v) is 11.3. The van der Waals surface area contributed by atoms with E-state index in [1.54, 1.807) is 18.3 Å². The van der Waals surface area contributed by atoms with Gasteiger partial charge in [0, 0.05) is 84.7 Å². The Bertz CT molecular complexity index is 2380. The summed E-state index contributed by atoms with van der Waals surface area (Å²) in [5.41, 5.74) is 8.13. The van der Waals surface area contributed by atoms with Crippen LogP contribution in [0.15, 0.2) is 71.3 Å². The number of fused-ring (bicyclic) bond motifs is 6. The molecule has 6 aromatic rings. The van der Waals surface area contributed by atoms with E-state index in [2.05, 4.69) is 19.8 Å². The Morgan fingerprint density at radius 2 is 1.90 bits per heavy atom. The van der Waals surface area contributed by atoms with Crippen molar-refractivity contribution in [1.82, 2.24) is 24.8 Å². The van der Waals surface area contributed by atoms with Crippen LogP contribution in [0.1, 0.15) is 29.3 Å². The number of benzene rings is 2. The van der Waals surface area contributed by atoms with Crippen LogP contribution in [0.2, 0.25) is 0 Å². The summed E-state index contributed by atoms with van der Waals surface area (Å²) in [5.74, 6) is 0.353. The molecule has 0 bridgehead atoms. The lowest BCUT2D eigenvalue weighted by molar-refractivity contribution is 0.0611. The minimum absolute atomic E-state index is 0.0381. The summed E-state index contributed by atoms with van der Waals surface area (Å²) in [7, 11) is -0.279. The van der Waals surface area contributed by atoms with Crippen molar-refractivity contribution in [2.75, 3.05) is 44.3 Å². The number of nitrogens with one attached hydrogen (secondary N) is 1. The molecule has 1 unspecified atom stereocenters. The standard InChI is InChI=1S/C38H38F2N6O3S/c1-22-8-9-24(18-42-22)38-30(19-41-2)27-15-29(34(17-36(27)49-38)44(3)50(4,47)48)32-11-10-23-14-26(12-13-45-20-25(39)21-45)46-33-7-5-6-31(40)28(33)16-35(46)37(23)43-32/h5-11,15-18,25-26,41H,12-14,19-21H2,1-4H3. The van der Waals surface area contributed by atoms with E-state index >= 15 is 4.39 Å². The van der Waals surface area contributed by atoms with Gasteiger partial charge in [-0.1, -0.05) is 12.1 Å². The summed E-state index contributed by atoms with van der Waals surface area (Å²) in [4.78, 5) is 11.8. The topological polar surface area (TPSA) is 96.5 Å². The van der Waals surface area contributed by atoms with Crippen molar-refractivity contribution in [2.45, 2.75) is 38.5 Å². The van der Waals surface area contributed by atoms with Crippen LogP contribution in [-0.2, 0) is 23.0 Å². The van der Waals surface area contributed by atoms with Gasteiger partial charge in [0.25, 0.3) is 0 Å². The highest BCUT2D eigenvalue weighted by Crippen LogP contribution is 2.44. The summed E-state index contributed by atoms with van der Waals surface area (Å²) in [6, 6.07) is 18.6. The number of alkyl halides is 1. The molecule has 2 aliphatic rings. The van der Waals surface area contributed by atoms with Crippen molar-refractivity contribution in [3.63, 3.8) is 0 Å². The molecule has 1 N–H and O–H groups in total. The molecule has 1 atom stereocenters. The van der Waals surface area contributed by atoms with Crippen LogP contribution in [0.3, 0.4) is 0 Å². The molecule has 0 amide bonds. The number of aromatic nitrogens is 3.